The molecule has 6 heteroatoms. The predicted molar refractivity (Wildman–Crippen MR) is 68.3 cm³/mol. The molecular weight excluding hydrogens is 254 g/mol. The second kappa shape index (κ2) is 6.20. The normalized spacial score (nSPS) is 11.7. The van der Waals surface area contributed by atoms with Gasteiger partial charge in [-0.15, -0.1) is 0 Å². The number of aliphatic carboxylic acids is 1. The molecule has 0 spiro atoms. The third-order valence-corrected chi connectivity index (χ3v) is 2.96. The number of carboxylic acids is 1. The summed E-state index contributed by atoms with van der Waals surface area (Å²) in [6, 6.07) is 7.25. The molecule has 0 bridgehead atoms. The van der Waals surface area contributed by atoms with Crippen LogP contribution in [-0.4, -0.2) is 33.1 Å². The predicted octanol–water partition coefficient (Wildman–Crippen LogP) is 1.41. The van der Waals surface area contributed by atoms with E-state index in [0.29, 0.717) is 5.56 Å². The van der Waals surface area contributed by atoms with Crippen LogP contribution in [0.15, 0.2) is 30.3 Å². The first-order valence-corrected chi connectivity index (χ1v) is 5.65. The number of carbonyl (C=O) groups is 3. The van der Waals surface area contributed by atoms with Crippen LogP contribution in [-0.2, 0) is 9.59 Å². The fourth-order valence-electron chi connectivity index (χ4n) is 1.27. The smallest absolute Gasteiger partial charge is 0.327 e. The minimum atomic E-state index is -1.18. The van der Waals surface area contributed by atoms with E-state index in [4.69, 9.17) is 5.11 Å². The quantitative estimate of drug-likeness (QED) is 0.480. The number of hydrogen-bond acceptors (Lipinski definition) is 4. The summed E-state index contributed by atoms with van der Waals surface area (Å²) in [5.41, 5.74) is 0.413. The van der Waals surface area contributed by atoms with Gasteiger partial charge in [0, 0.05) is 5.56 Å². The highest BCUT2D eigenvalue weighted by molar-refractivity contribution is 7.78. The first-order valence-electron chi connectivity index (χ1n) is 5.25. The lowest BCUT2D eigenvalue weighted by Crippen LogP contribution is -2.37. The van der Waals surface area contributed by atoms with Crippen molar-refractivity contribution in [3.8, 4) is 0 Å². The lowest BCUT2D eigenvalue weighted by atomic mass is 10.1. The molecule has 1 aromatic carbocycles. The van der Waals surface area contributed by atoms with Crippen LogP contribution < -0.4 is 0 Å². The maximum absolute atomic E-state index is 11.7. The van der Waals surface area contributed by atoms with Gasteiger partial charge in [0.15, 0.2) is 5.78 Å². The maximum Gasteiger partial charge on any atom is 0.327 e. The van der Waals surface area contributed by atoms with Crippen molar-refractivity contribution in [1.82, 2.24) is 4.31 Å². The van der Waals surface area contributed by atoms with E-state index in [-0.39, 0.29) is 5.78 Å². The van der Waals surface area contributed by atoms with Gasteiger partial charge < -0.3 is 5.11 Å². The van der Waals surface area contributed by atoms with Gasteiger partial charge in [-0.25, -0.2) is 4.79 Å². The summed E-state index contributed by atoms with van der Waals surface area (Å²) in [6.07, 6.45) is -0.398. The van der Waals surface area contributed by atoms with E-state index in [2.05, 4.69) is 12.8 Å². The van der Waals surface area contributed by atoms with Crippen LogP contribution in [0.3, 0.4) is 0 Å². The molecule has 0 aliphatic carbocycles. The van der Waals surface area contributed by atoms with E-state index >= 15 is 0 Å². The number of rotatable bonds is 5. The van der Waals surface area contributed by atoms with Gasteiger partial charge in [-0.2, -0.15) is 0 Å². The van der Waals surface area contributed by atoms with Gasteiger partial charge in [0.1, 0.15) is 6.04 Å². The van der Waals surface area contributed by atoms with Crippen LogP contribution in [0.25, 0.3) is 0 Å². The van der Waals surface area contributed by atoms with Gasteiger partial charge in [-0.05, 0) is 6.92 Å². The van der Waals surface area contributed by atoms with Crippen LogP contribution in [0, 0.1) is 0 Å². The molecule has 1 aromatic rings. The van der Waals surface area contributed by atoms with E-state index < -0.39 is 24.3 Å². The van der Waals surface area contributed by atoms with Crippen LogP contribution in [0.1, 0.15) is 23.7 Å². The Labute approximate surface area is 110 Å². The van der Waals surface area contributed by atoms with Crippen LogP contribution in [0.2, 0.25) is 0 Å². The fourth-order valence-corrected chi connectivity index (χ4v) is 1.43. The van der Waals surface area contributed by atoms with Gasteiger partial charge in [0.25, 0.3) is 0 Å². The molecule has 18 heavy (non-hydrogen) atoms. The van der Waals surface area contributed by atoms with Crippen molar-refractivity contribution in [2.75, 3.05) is 0 Å². The minimum Gasteiger partial charge on any atom is -0.480 e. The van der Waals surface area contributed by atoms with Gasteiger partial charge in [0.05, 0.1) is 6.42 Å². The third kappa shape index (κ3) is 3.59. The van der Waals surface area contributed by atoms with Crippen molar-refractivity contribution in [3.63, 3.8) is 0 Å². The van der Waals surface area contributed by atoms with Crippen molar-refractivity contribution >= 4 is 30.5 Å². The monoisotopic (exact) mass is 267 g/mol. The molecule has 0 aliphatic heterocycles. The molecule has 1 amide bonds. The Kier molecular flexibility index (Phi) is 4.91. The molecule has 1 rings (SSSR count). The van der Waals surface area contributed by atoms with Gasteiger partial charge in [-0.1, -0.05) is 43.1 Å². The molecule has 1 atom stereocenters. The number of thiol groups is 1. The van der Waals surface area contributed by atoms with Crippen LogP contribution in [0.5, 0.6) is 0 Å². The van der Waals surface area contributed by atoms with Crippen molar-refractivity contribution in [2.24, 2.45) is 0 Å². The lowest BCUT2D eigenvalue weighted by Gasteiger charge is -2.19. The largest absolute Gasteiger partial charge is 0.480 e. The number of amides is 1. The fraction of sp³-hybridized carbons (Fsp3) is 0.250. The summed E-state index contributed by atoms with van der Waals surface area (Å²) >= 11 is 3.80. The van der Waals surface area contributed by atoms with Gasteiger partial charge in [0.2, 0.25) is 5.91 Å². The Morgan fingerprint density at radius 3 is 2.33 bits per heavy atom. The van der Waals surface area contributed by atoms with Crippen molar-refractivity contribution < 1.29 is 19.5 Å². The number of carboxylic acid groups (broad SMARTS) is 1. The molecule has 0 aromatic heterocycles. The highest BCUT2D eigenvalue weighted by atomic mass is 32.1. The number of hydrogen-bond donors (Lipinski definition) is 2. The molecule has 1 N–H and O–H groups in total. The summed E-state index contributed by atoms with van der Waals surface area (Å²) in [5.74, 6) is -2.18. The molecule has 1 unspecified atom stereocenters. The standard InChI is InChI=1S/C12H13NO4S/c1-8(12(16)17)13(18)11(15)7-10(14)9-5-3-2-4-6-9/h2-6,8,18H,7H2,1H3,(H,16,17). The van der Waals surface area contributed by atoms with E-state index in [1.165, 1.54) is 6.92 Å². The van der Waals surface area contributed by atoms with Crippen molar-refractivity contribution in [3.05, 3.63) is 35.9 Å². The topological polar surface area (TPSA) is 74.7 Å². The summed E-state index contributed by atoms with van der Waals surface area (Å²) in [4.78, 5) is 34.0. The second-order valence-electron chi connectivity index (χ2n) is 3.72. The zero-order valence-corrected chi connectivity index (χ0v) is 10.6. The summed E-state index contributed by atoms with van der Waals surface area (Å²) in [6.45, 7) is 1.32. The first kappa shape index (κ1) is 14.2. The van der Waals surface area contributed by atoms with Crippen molar-refractivity contribution in [2.45, 2.75) is 19.4 Å². The Bertz CT molecular complexity index is 460. The second-order valence-corrected chi connectivity index (χ2v) is 4.15. The number of ketones is 1. The molecule has 96 valence electrons. The summed E-state index contributed by atoms with van der Waals surface area (Å²) in [5, 5.41) is 8.72. The Morgan fingerprint density at radius 1 is 1.28 bits per heavy atom. The van der Waals surface area contributed by atoms with Crippen LogP contribution >= 0.6 is 12.8 Å². The zero-order valence-electron chi connectivity index (χ0n) is 9.74. The highest BCUT2D eigenvalue weighted by Gasteiger charge is 2.24. The summed E-state index contributed by atoms with van der Waals surface area (Å²) in [7, 11) is 0. The Balaban J connectivity index is 2.66. The third-order valence-electron chi connectivity index (χ3n) is 2.39. The Hall–Kier alpha value is -1.82. The van der Waals surface area contributed by atoms with Gasteiger partial charge >= 0.3 is 5.97 Å². The van der Waals surface area contributed by atoms with Crippen molar-refractivity contribution in [1.29, 1.82) is 0 Å². The molecule has 0 fully saturated rings. The van der Waals surface area contributed by atoms with E-state index in [9.17, 15) is 14.4 Å². The summed E-state index contributed by atoms with van der Waals surface area (Å²) < 4.78 is 0.753. The molecule has 0 saturated carbocycles. The molecule has 0 saturated heterocycles. The maximum atomic E-state index is 11.7. The average Bonchev–Trinajstić information content (AvgIpc) is 2.37. The molecule has 0 aliphatic rings. The van der Waals surface area contributed by atoms with E-state index in [1.807, 2.05) is 0 Å². The minimum absolute atomic E-state index is 0.364. The van der Waals surface area contributed by atoms with E-state index in [0.717, 1.165) is 4.31 Å². The highest BCUT2D eigenvalue weighted by Crippen LogP contribution is 2.09. The zero-order chi connectivity index (χ0) is 13.7. The van der Waals surface area contributed by atoms with E-state index in [1.54, 1.807) is 30.3 Å². The number of carbonyl (C=O) groups excluding carboxylic acids is 2. The number of nitrogens with zero attached hydrogens (tertiary/aromatic N) is 1. The van der Waals surface area contributed by atoms with Gasteiger partial charge in [-0.3, -0.25) is 13.9 Å². The number of Topliss-reactive ketones (excluding diaryl/α,β-unsaturated/α-hetero) is 1. The molecule has 0 radical (unpaired) electrons. The lowest BCUT2D eigenvalue weighted by molar-refractivity contribution is -0.144. The van der Waals surface area contributed by atoms with Crippen LogP contribution in [0.4, 0.5) is 0 Å². The molecular formula is C12H13NO4S. The molecule has 5 nitrogen and oxygen atoms in total. The first-order chi connectivity index (χ1) is 8.43. The Morgan fingerprint density at radius 2 is 1.83 bits per heavy atom. The number of benzene rings is 1. The molecule has 0 heterocycles. The SMILES string of the molecule is CC(C(=O)O)N(S)C(=O)CC(=O)c1ccccc1. The average molecular weight is 267 g/mol.